The lowest BCUT2D eigenvalue weighted by atomic mass is 10.1. The Hall–Kier alpha value is -7.00. The molecule has 1 amide bonds. The maximum Gasteiger partial charge on any atom is 0.335 e. The van der Waals surface area contributed by atoms with Crippen molar-refractivity contribution < 1.29 is 23.7 Å². The first-order valence-electron chi connectivity index (χ1n) is 19.6. The molecule has 0 atom stereocenters. The number of amidine groups is 2. The van der Waals surface area contributed by atoms with Crippen LogP contribution in [0, 0.1) is 13.8 Å². The molecular formula is C44H44N10O5. The van der Waals surface area contributed by atoms with Crippen molar-refractivity contribution in [1.82, 2.24) is 40.3 Å². The van der Waals surface area contributed by atoms with E-state index in [1.165, 1.54) is 29.1 Å². The average molecular weight is 793 g/mol. The van der Waals surface area contributed by atoms with E-state index in [4.69, 9.17) is 24.1 Å². The van der Waals surface area contributed by atoms with Crippen LogP contribution in [-0.4, -0.2) is 116 Å². The van der Waals surface area contributed by atoms with Crippen LogP contribution in [0.1, 0.15) is 43.6 Å². The summed E-state index contributed by atoms with van der Waals surface area (Å²) in [7, 11) is 0. The lowest BCUT2D eigenvalue weighted by molar-refractivity contribution is 0.0685. The molecule has 2 N–H and O–H groups in total. The van der Waals surface area contributed by atoms with Gasteiger partial charge in [-0.1, -0.05) is 71.0 Å². The van der Waals surface area contributed by atoms with Gasteiger partial charge in [-0.15, -0.1) is 0 Å². The molecule has 6 heterocycles. The molecule has 2 saturated heterocycles. The van der Waals surface area contributed by atoms with Gasteiger partial charge in [-0.3, -0.25) is 4.79 Å². The molecule has 0 radical (unpaired) electrons. The maximum atomic E-state index is 13.0. The second-order valence-electron chi connectivity index (χ2n) is 14.4. The summed E-state index contributed by atoms with van der Waals surface area (Å²) in [6.07, 6.45) is 1.88. The molecule has 0 unspecified atom stereocenters. The van der Waals surface area contributed by atoms with Gasteiger partial charge in [0.2, 0.25) is 23.4 Å². The molecule has 300 valence electrons. The number of aromatic nitrogens is 4. The second-order valence-corrected chi connectivity index (χ2v) is 14.4. The maximum absolute atomic E-state index is 13.0. The lowest BCUT2D eigenvalue weighted by Crippen LogP contribution is -2.50. The number of hydrogen-bond donors (Lipinski definition) is 2. The van der Waals surface area contributed by atoms with E-state index >= 15 is 0 Å². The highest BCUT2D eigenvalue weighted by Crippen LogP contribution is 2.29. The number of para-hydroxylation sites is 2. The highest BCUT2D eigenvalue weighted by Gasteiger charge is 2.27. The molecule has 6 aromatic rings. The van der Waals surface area contributed by atoms with Crippen molar-refractivity contribution in [3.8, 4) is 22.8 Å². The van der Waals surface area contributed by atoms with Crippen molar-refractivity contribution in [2.45, 2.75) is 26.7 Å². The van der Waals surface area contributed by atoms with Gasteiger partial charge in [0.1, 0.15) is 11.7 Å². The smallest absolute Gasteiger partial charge is 0.335 e. The molecule has 0 saturated carbocycles. The Kier molecular flexibility index (Phi) is 11.6. The summed E-state index contributed by atoms with van der Waals surface area (Å²) in [5, 5.41) is 19.8. The number of aryl methyl sites for hydroxylation is 2. The monoisotopic (exact) mass is 792 g/mol. The minimum atomic E-state index is -0.975. The number of rotatable bonds is 4. The number of carboxylic acid groups (broad SMARTS) is 1. The fraction of sp³-hybridized carbons (Fsp3) is 0.273. The Morgan fingerprint density at radius 3 is 1.59 bits per heavy atom. The van der Waals surface area contributed by atoms with Crippen LogP contribution in [0.5, 0.6) is 0 Å². The molecule has 4 aromatic carbocycles. The van der Waals surface area contributed by atoms with Crippen LogP contribution in [-0.2, 0) is 12.8 Å². The number of hydrogen-bond acceptors (Lipinski definition) is 13. The number of aliphatic imine (C=N–C) groups is 2. The largest absolute Gasteiger partial charge is 0.478 e. The van der Waals surface area contributed by atoms with Crippen LogP contribution in [0.3, 0.4) is 0 Å². The highest BCUT2D eigenvalue weighted by atomic mass is 16.5. The predicted molar refractivity (Wildman–Crippen MR) is 222 cm³/mol. The van der Waals surface area contributed by atoms with E-state index in [9.17, 15) is 9.59 Å². The molecule has 0 spiro atoms. The molecule has 0 bridgehead atoms. The minimum absolute atomic E-state index is 0.0309. The first-order chi connectivity index (χ1) is 28.8. The molecule has 59 heavy (non-hydrogen) atoms. The third-order valence-corrected chi connectivity index (χ3v) is 10.4. The van der Waals surface area contributed by atoms with E-state index < -0.39 is 5.97 Å². The van der Waals surface area contributed by atoms with Crippen LogP contribution < -0.4 is 5.32 Å². The molecule has 2 aromatic heterocycles. The second kappa shape index (κ2) is 17.6. The van der Waals surface area contributed by atoms with Crippen LogP contribution in [0.15, 0.2) is 116 Å². The number of nitrogens with one attached hydrogen (secondary N) is 1. The standard InChI is InChI=1S/C22H21N5O2.C12H15N3.C10H8N2O3/c1-15-23-21(25-29-15)17-6-4-7-18(13-17)22(28)27-11-9-26(10-12-27)20-14-16-5-2-3-8-19(16)24-20;1-2-4-11-10(3-1)9-12(14-11)15-7-5-13-6-8-15;1-6-11-9(12-15-6)7-3-2-4-8(5-7)10(13)14/h2-8,13H,9-12,14H2,1H3;1-4,13H,5-9H2;2-5H,1H3,(H,13,14). The number of benzene rings is 4. The van der Waals surface area contributed by atoms with Crippen molar-refractivity contribution in [2.75, 3.05) is 52.4 Å². The summed E-state index contributed by atoms with van der Waals surface area (Å²) >= 11 is 0. The number of amides is 1. The van der Waals surface area contributed by atoms with E-state index in [2.05, 4.69) is 77.9 Å². The summed E-state index contributed by atoms with van der Waals surface area (Å²) in [6, 6.07) is 30.5. The molecule has 15 heteroatoms. The first kappa shape index (κ1) is 38.9. The first-order valence-corrected chi connectivity index (χ1v) is 19.6. The molecular weight excluding hydrogens is 749 g/mol. The fourth-order valence-electron chi connectivity index (χ4n) is 7.29. The van der Waals surface area contributed by atoms with Crippen LogP contribution in [0.2, 0.25) is 0 Å². The van der Waals surface area contributed by atoms with E-state index in [-0.39, 0.29) is 11.5 Å². The van der Waals surface area contributed by atoms with Crippen molar-refractivity contribution in [3.63, 3.8) is 0 Å². The number of fused-ring (bicyclic) bond motifs is 2. The third-order valence-electron chi connectivity index (χ3n) is 10.4. The Morgan fingerprint density at radius 2 is 1.10 bits per heavy atom. The van der Waals surface area contributed by atoms with Gasteiger partial charge in [0, 0.05) is 95.7 Å². The van der Waals surface area contributed by atoms with Crippen LogP contribution >= 0.6 is 0 Å². The molecule has 10 rings (SSSR count). The number of nitrogens with zero attached hydrogens (tertiary/aromatic N) is 9. The zero-order valence-corrected chi connectivity index (χ0v) is 32.9. The number of piperazine rings is 2. The van der Waals surface area contributed by atoms with Crippen molar-refractivity contribution in [1.29, 1.82) is 0 Å². The van der Waals surface area contributed by atoms with Crippen molar-refractivity contribution in [3.05, 3.63) is 131 Å². The van der Waals surface area contributed by atoms with Gasteiger partial charge >= 0.3 is 5.97 Å². The minimum Gasteiger partial charge on any atom is -0.478 e. The number of carboxylic acids is 1. The topological polar surface area (TPSA) is 179 Å². The van der Waals surface area contributed by atoms with Crippen molar-refractivity contribution in [2.24, 2.45) is 9.98 Å². The summed E-state index contributed by atoms with van der Waals surface area (Å²) in [6.45, 7) is 10.7. The average Bonchev–Trinajstić information content (AvgIpc) is 4.11. The summed E-state index contributed by atoms with van der Waals surface area (Å²) < 4.78 is 9.86. The van der Waals surface area contributed by atoms with Gasteiger partial charge in [0.05, 0.1) is 16.9 Å². The van der Waals surface area contributed by atoms with Gasteiger partial charge in [0.25, 0.3) is 5.91 Å². The molecule has 4 aliphatic rings. The van der Waals surface area contributed by atoms with E-state index in [1.54, 1.807) is 26.0 Å². The Balaban J connectivity index is 0.000000136. The van der Waals surface area contributed by atoms with E-state index in [1.807, 2.05) is 35.2 Å². The lowest BCUT2D eigenvalue weighted by Gasteiger charge is -2.36. The summed E-state index contributed by atoms with van der Waals surface area (Å²) in [4.78, 5) is 48.0. The highest BCUT2D eigenvalue weighted by molar-refractivity contribution is 5.96. The van der Waals surface area contributed by atoms with Gasteiger partial charge in [-0.05, 0) is 47.5 Å². The zero-order chi connectivity index (χ0) is 40.7. The van der Waals surface area contributed by atoms with Gasteiger partial charge < -0.3 is 34.2 Å². The van der Waals surface area contributed by atoms with E-state index in [0.717, 1.165) is 74.9 Å². The molecule has 0 aliphatic carbocycles. The predicted octanol–water partition coefficient (Wildman–Crippen LogP) is 6.01. The molecule has 2 fully saturated rings. The zero-order valence-electron chi connectivity index (χ0n) is 32.9. The third kappa shape index (κ3) is 9.26. The summed E-state index contributed by atoms with van der Waals surface area (Å²) in [5.74, 6) is 3.26. The van der Waals surface area contributed by atoms with Crippen molar-refractivity contribution >= 4 is 34.9 Å². The Labute approximate surface area is 341 Å². The molecule has 15 nitrogen and oxygen atoms in total. The number of carbonyl (C=O) groups is 2. The summed E-state index contributed by atoms with van der Waals surface area (Å²) in [5.41, 5.74) is 7.12. The SMILES string of the molecule is Cc1nc(-c2cccc(C(=O)N3CCN(C4=Nc5ccccc5C4)CC3)c2)no1.Cc1nc(-c2cccc(C(=O)O)c2)no1.c1ccc2c(c1)CC(N1CCNCC1)=N2. The molecule has 4 aliphatic heterocycles. The quantitative estimate of drug-likeness (QED) is 0.213. The number of carbonyl (C=O) groups excluding carboxylic acids is 1. The fourth-order valence-corrected chi connectivity index (χ4v) is 7.29. The van der Waals surface area contributed by atoms with Gasteiger partial charge in [-0.25, -0.2) is 14.8 Å². The Morgan fingerprint density at radius 1 is 0.610 bits per heavy atom. The number of aromatic carboxylic acids is 1. The van der Waals surface area contributed by atoms with Crippen LogP contribution in [0.25, 0.3) is 22.8 Å². The van der Waals surface area contributed by atoms with Crippen LogP contribution in [0.4, 0.5) is 11.4 Å². The normalized spacial score (nSPS) is 15.5. The van der Waals surface area contributed by atoms with Gasteiger partial charge in [0.15, 0.2) is 0 Å². The van der Waals surface area contributed by atoms with Gasteiger partial charge in [-0.2, -0.15) is 9.97 Å². The van der Waals surface area contributed by atoms with E-state index in [0.29, 0.717) is 47.6 Å². The Bertz CT molecular complexity index is 2510.